The molecule has 0 saturated carbocycles. The van der Waals surface area contributed by atoms with Gasteiger partial charge in [0.15, 0.2) is 0 Å². The van der Waals surface area contributed by atoms with Gasteiger partial charge in [0.2, 0.25) is 0 Å². The maximum absolute atomic E-state index is 6.82. The van der Waals surface area contributed by atoms with Crippen molar-refractivity contribution in [1.29, 1.82) is 0 Å². The molecule has 1 fully saturated rings. The number of likely N-dealkylation sites (tertiary alicyclic amines) is 1. The van der Waals surface area contributed by atoms with E-state index in [-0.39, 0.29) is 6.10 Å². The molecule has 2 aromatic rings. The largest absolute Gasteiger partial charge is 0.362 e. The molecule has 0 aliphatic carbocycles. The first kappa shape index (κ1) is 20.6. The molecule has 2 aliphatic rings. The summed E-state index contributed by atoms with van der Waals surface area (Å²) in [6, 6.07) is 8.82. The van der Waals surface area contributed by atoms with Gasteiger partial charge in [-0.15, -0.1) is 0 Å². The lowest BCUT2D eigenvalue weighted by molar-refractivity contribution is -0.0276. The molecule has 3 heterocycles. The van der Waals surface area contributed by atoms with Gasteiger partial charge in [0.05, 0.1) is 11.8 Å². The number of imidazole rings is 1. The lowest BCUT2D eigenvalue weighted by Crippen LogP contribution is -2.35. The summed E-state index contributed by atoms with van der Waals surface area (Å²) in [4.78, 5) is 7.60. The van der Waals surface area contributed by atoms with Crippen LogP contribution in [0.1, 0.15) is 74.5 Å². The number of piperidine rings is 1. The van der Waals surface area contributed by atoms with Crippen LogP contribution in [0.5, 0.6) is 0 Å². The summed E-state index contributed by atoms with van der Waals surface area (Å²) in [7, 11) is 2.20. The summed E-state index contributed by atoms with van der Waals surface area (Å²) in [5, 5.41) is 0. The Labute approximate surface area is 176 Å². The molecule has 4 rings (SSSR count). The van der Waals surface area contributed by atoms with E-state index in [0.29, 0.717) is 11.5 Å². The molecule has 1 aromatic heterocycles. The molecule has 0 bridgehead atoms. The molecule has 1 unspecified atom stereocenters. The number of benzene rings is 1. The number of rotatable bonds is 4. The quantitative estimate of drug-likeness (QED) is 0.735. The fourth-order valence-corrected chi connectivity index (χ4v) is 4.66. The van der Waals surface area contributed by atoms with Crippen LogP contribution in [0.4, 0.5) is 0 Å². The second-order valence-electron chi connectivity index (χ2n) is 10.2. The number of hydrogen-bond donors (Lipinski definition) is 0. The molecule has 0 amide bonds. The van der Waals surface area contributed by atoms with Gasteiger partial charge in [-0.1, -0.05) is 45.0 Å². The highest BCUT2D eigenvalue weighted by molar-refractivity contribution is 5.36. The maximum atomic E-state index is 6.82. The average Bonchev–Trinajstić information content (AvgIpc) is 2.90. The van der Waals surface area contributed by atoms with Crippen molar-refractivity contribution >= 4 is 0 Å². The van der Waals surface area contributed by atoms with Crippen LogP contribution in [0.15, 0.2) is 24.3 Å². The Morgan fingerprint density at radius 1 is 1.10 bits per heavy atom. The summed E-state index contributed by atoms with van der Waals surface area (Å²) in [6.45, 7) is 12.4. The number of hydrogen-bond acceptors (Lipinski definition) is 3. The fraction of sp³-hybridized carbons (Fsp3) is 0.640. The molecule has 29 heavy (non-hydrogen) atoms. The average molecular weight is 396 g/mol. The molecule has 1 saturated heterocycles. The van der Waals surface area contributed by atoms with Crippen molar-refractivity contribution in [3.63, 3.8) is 0 Å². The Kier molecular flexibility index (Phi) is 5.85. The van der Waals surface area contributed by atoms with Crippen molar-refractivity contribution < 1.29 is 4.74 Å². The third-order valence-corrected chi connectivity index (χ3v) is 6.63. The molecule has 1 aromatic carbocycles. The lowest BCUT2D eigenvalue weighted by atomic mass is 9.89. The third-order valence-electron chi connectivity index (χ3n) is 6.63. The van der Waals surface area contributed by atoms with Crippen LogP contribution in [0, 0.1) is 12.3 Å². The first-order chi connectivity index (χ1) is 13.8. The minimum absolute atomic E-state index is 0.0517. The van der Waals surface area contributed by atoms with Gasteiger partial charge >= 0.3 is 0 Å². The van der Waals surface area contributed by atoms with Gasteiger partial charge < -0.3 is 14.2 Å². The lowest BCUT2D eigenvalue weighted by Gasteiger charge is -2.32. The Hall–Kier alpha value is -1.65. The Morgan fingerprint density at radius 2 is 1.83 bits per heavy atom. The van der Waals surface area contributed by atoms with Gasteiger partial charge in [-0.2, -0.15) is 0 Å². The van der Waals surface area contributed by atoms with E-state index in [4.69, 9.17) is 9.72 Å². The predicted molar refractivity (Wildman–Crippen MR) is 118 cm³/mol. The third kappa shape index (κ3) is 4.59. The molecule has 0 N–H and O–H groups in total. The van der Waals surface area contributed by atoms with Gasteiger partial charge in [-0.05, 0) is 62.6 Å². The molecule has 2 aliphatic heterocycles. The van der Waals surface area contributed by atoms with Gasteiger partial charge in [0, 0.05) is 25.3 Å². The van der Waals surface area contributed by atoms with Crippen molar-refractivity contribution in [3.8, 4) is 0 Å². The Balaban J connectivity index is 1.67. The van der Waals surface area contributed by atoms with Gasteiger partial charge in [-0.25, -0.2) is 4.98 Å². The van der Waals surface area contributed by atoms with Crippen LogP contribution in [-0.2, 0) is 24.1 Å². The number of nitrogens with zero attached hydrogens (tertiary/aromatic N) is 3. The number of aromatic nitrogens is 2. The summed E-state index contributed by atoms with van der Waals surface area (Å²) in [6.07, 6.45) is 5.71. The smallest absolute Gasteiger partial charge is 0.143 e. The highest BCUT2D eigenvalue weighted by Gasteiger charge is 2.31. The second kappa shape index (κ2) is 8.23. The number of ether oxygens (including phenoxy) is 1. The van der Waals surface area contributed by atoms with Crippen LogP contribution in [-0.4, -0.2) is 40.7 Å². The van der Waals surface area contributed by atoms with Crippen molar-refractivity contribution in [2.45, 2.75) is 78.6 Å². The molecular formula is C25H37N3O. The maximum Gasteiger partial charge on any atom is 0.143 e. The molecule has 0 radical (unpaired) electrons. The summed E-state index contributed by atoms with van der Waals surface area (Å²) >= 11 is 0. The van der Waals surface area contributed by atoms with Crippen LogP contribution in [0.3, 0.4) is 0 Å². The molecule has 4 nitrogen and oxygen atoms in total. The summed E-state index contributed by atoms with van der Waals surface area (Å²) in [5.41, 5.74) is 5.63. The van der Waals surface area contributed by atoms with E-state index in [1.165, 1.54) is 22.5 Å². The van der Waals surface area contributed by atoms with Crippen molar-refractivity contribution in [2.75, 3.05) is 20.1 Å². The molecule has 4 heteroatoms. The van der Waals surface area contributed by atoms with E-state index in [0.717, 1.165) is 57.6 Å². The minimum atomic E-state index is -0.0517. The van der Waals surface area contributed by atoms with E-state index < -0.39 is 0 Å². The zero-order chi connectivity index (χ0) is 20.6. The minimum Gasteiger partial charge on any atom is -0.362 e. The predicted octanol–water partition coefficient (Wildman–Crippen LogP) is 4.93. The zero-order valence-electron chi connectivity index (χ0n) is 18.9. The molecule has 1 atom stereocenters. The SMILES string of the molecule is Cc1c(CCC(C)(C)C)nc2n1CCc1ccccc1C2OC1CCN(C)CC1. The number of fused-ring (bicyclic) bond motifs is 2. The fourth-order valence-electron chi connectivity index (χ4n) is 4.66. The van der Waals surface area contributed by atoms with Crippen LogP contribution in [0.25, 0.3) is 0 Å². The van der Waals surface area contributed by atoms with Crippen LogP contribution in [0.2, 0.25) is 0 Å². The molecule has 158 valence electrons. The Bertz CT molecular complexity index is 840. The first-order valence-corrected chi connectivity index (χ1v) is 11.3. The van der Waals surface area contributed by atoms with Gasteiger partial charge in [-0.3, -0.25) is 0 Å². The zero-order valence-corrected chi connectivity index (χ0v) is 18.9. The van der Waals surface area contributed by atoms with E-state index in [1.54, 1.807) is 0 Å². The van der Waals surface area contributed by atoms with Crippen LogP contribution >= 0.6 is 0 Å². The molecule has 0 spiro atoms. The van der Waals surface area contributed by atoms with Gasteiger partial charge in [0.25, 0.3) is 0 Å². The van der Waals surface area contributed by atoms with E-state index in [1.807, 2.05) is 0 Å². The second-order valence-corrected chi connectivity index (χ2v) is 10.2. The van der Waals surface area contributed by atoms with E-state index in [9.17, 15) is 0 Å². The number of aryl methyl sites for hydroxylation is 2. The highest BCUT2D eigenvalue weighted by Crippen LogP contribution is 2.36. The van der Waals surface area contributed by atoms with Crippen molar-refractivity contribution in [2.24, 2.45) is 5.41 Å². The van der Waals surface area contributed by atoms with Gasteiger partial charge in [0.1, 0.15) is 11.9 Å². The van der Waals surface area contributed by atoms with E-state index in [2.05, 4.69) is 68.5 Å². The first-order valence-electron chi connectivity index (χ1n) is 11.3. The standard InChI is InChI=1S/C25H37N3O/c1-18-22(10-14-25(2,3)4)26-24-23(29-20-12-15-27(5)16-13-20)21-9-7-6-8-19(21)11-17-28(18)24/h6-9,20,23H,10-17H2,1-5H3. The Morgan fingerprint density at radius 3 is 2.55 bits per heavy atom. The van der Waals surface area contributed by atoms with Crippen molar-refractivity contribution in [1.82, 2.24) is 14.5 Å². The summed E-state index contributed by atoms with van der Waals surface area (Å²) in [5.74, 6) is 1.12. The van der Waals surface area contributed by atoms with Crippen molar-refractivity contribution in [3.05, 3.63) is 52.6 Å². The normalized spacial score (nSPS) is 20.9. The molecular weight excluding hydrogens is 358 g/mol. The highest BCUT2D eigenvalue weighted by atomic mass is 16.5. The summed E-state index contributed by atoms with van der Waals surface area (Å²) < 4.78 is 9.26. The van der Waals surface area contributed by atoms with Crippen LogP contribution < -0.4 is 0 Å². The van der Waals surface area contributed by atoms with E-state index >= 15 is 0 Å². The monoisotopic (exact) mass is 395 g/mol. The topological polar surface area (TPSA) is 30.3 Å².